The van der Waals surface area contributed by atoms with E-state index in [0.717, 1.165) is 32.1 Å². The minimum Gasteiger partial charge on any atom is -0.385 e. The first-order chi connectivity index (χ1) is 8.47. The normalized spacial score (nSPS) is 12.1. The van der Waals surface area contributed by atoms with Crippen molar-refractivity contribution in [2.45, 2.75) is 32.4 Å². The molecule has 0 unspecified atom stereocenters. The van der Waals surface area contributed by atoms with Crippen LogP contribution >= 0.6 is 0 Å². The van der Waals surface area contributed by atoms with Crippen LogP contribution in [0.1, 0.15) is 20.3 Å². The van der Waals surface area contributed by atoms with Crippen LogP contribution in [0.25, 0.3) is 0 Å². The second kappa shape index (κ2) is 6.75. The summed E-state index contributed by atoms with van der Waals surface area (Å²) in [6.45, 7) is 6.98. The molecule has 0 spiro atoms. The Morgan fingerprint density at radius 3 is 2.78 bits per heavy atom. The smallest absolute Gasteiger partial charge is 0.202 e. The number of methoxy groups -OCH3 is 1. The fourth-order valence-electron chi connectivity index (χ4n) is 1.49. The monoisotopic (exact) mass is 254 g/mol. The van der Waals surface area contributed by atoms with E-state index < -0.39 is 0 Å². The van der Waals surface area contributed by atoms with E-state index in [1.807, 2.05) is 12.4 Å². The number of hydrogen-bond donors (Lipinski definition) is 1. The van der Waals surface area contributed by atoms with Gasteiger partial charge in [0.15, 0.2) is 0 Å². The van der Waals surface area contributed by atoms with Gasteiger partial charge in [-0.05, 0) is 34.4 Å². The Balaban J connectivity index is 2.50. The molecule has 0 aliphatic heterocycles. The number of aromatic nitrogens is 2. The molecule has 0 saturated carbocycles. The summed E-state index contributed by atoms with van der Waals surface area (Å²) in [5.41, 5.74) is 0.101. The van der Waals surface area contributed by atoms with Gasteiger partial charge in [-0.15, -0.1) is 0 Å². The topological polar surface area (TPSA) is 42.3 Å². The lowest BCUT2D eigenvalue weighted by Gasteiger charge is -2.32. The molecule has 0 saturated heterocycles. The van der Waals surface area contributed by atoms with Crippen molar-refractivity contribution in [2.75, 3.05) is 39.7 Å². The summed E-state index contributed by atoms with van der Waals surface area (Å²) in [5.74, 6) is 0.932. The molecular weight excluding hydrogens is 228 g/mol. The van der Waals surface area contributed by atoms with E-state index in [1.54, 1.807) is 7.11 Å². The van der Waals surface area contributed by atoms with E-state index in [-0.39, 0.29) is 5.54 Å². The van der Waals surface area contributed by atoms with Gasteiger partial charge in [0.05, 0.1) is 0 Å². The van der Waals surface area contributed by atoms with Gasteiger partial charge in [0.25, 0.3) is 0 Å². The zero-order chi connectivity index (χ0) is 13.6. The highest BCUT2D eigenvalue weighted by Gasteiger charge is 2.20. The third-order valence-electron chi connectivity index (χ3n) is 3.35. The molecule has 0 radical (unpaired) electrons. The molecule has 0 atom stereocenters. The molecule has 5 heteroatoms. The van der Waals surface area contributed by atoms with Crippen molar-refractivity contribution in [3.63, 3.8) is 0 Å². The number of hydrogen-bond acceptors (Lipinski definition) is 4. The van der Waals surface area contributed by atoms with E-state index in [2.05, 4.69) is 47.7 Å². The number of nitrogens with zero attached hydrogens (tertiary/aromatic N) is 3. The minimum atomic E-state index is 0.101. The first kappa shape index (κ1) is 15.0. The van der Waals surface area contributed by atoms with E-state index in [9.17, 15) is 0 Å². The second-order valence-corrected chi connectivity index (χ2v) is 5.35. The first-order valence-electron chi connectivity index (χ1n) is 6.39. The van der Waals surface area contributed by atoms with E-state index in [0.29, 0.717) is 0 Å². The predicted molar refractivity (Wildman–Crippen MR) is 75.0 cm³/mol. The van der Waals surface area contributed by atoms with Gasteiger partial charge in [0, 0.05) is 44.7 Å². The molecular formula is C13H26N4O. The number of likely N-dealkylation sites (N-methyl/N-ethyl adjacent to an activating group) is 1. The van der Waals surface area contributed by atoms with Crippen LogP contribution < -0.4 is 5.32 Å². The fraction of sp³-hybridized carbons (Fsp3) is 0.769. The molecule has 1 aromatic rings. The van der Waals surface area contributed by atoms with Crippen molar-refractivity contribution in [2.24, 2.45) is 0 Å². The van der Waals surface area contributed by atoms with Crippen molar-refractivity contribution in [3.8, 4) is 0 Å². The Kier molecular flexibility index (Phi) is 5.62. The van der Waals surface area contributed by atoms with Crippen LogP contribution in [0.15, 0.2) is 12.4 Å². The quantitative estimate of drug-likeness (QED) is 0.717. The summed E-state index contributed by atoms with van der Waals surface area (Å²) >= 11 is 0. The van der Waals surface area contributed by atoms with Gasteiger partial charge in [0.2, 0.25) is 5.95 Å². The molecule has 0 aromatic carbocycles. The van der Waals surface area contributed by atoms with Gasteiger partial charge in [-0.25, -0.2) is 4.98 Å². The lowest BCUT2D eigenvalue weighted by atomic mass is 10.1. The SMILES string of the molecule is COCCCn1ccnc1NCC(C)(C)N(C)C. The standard InChI is InChI=1S/C13H26N4O/c1-13(2,16(3)4)11-15-12-14-7-9-17(12)8-6-10-18-5/h7,9H,6,8,10-11H2,1-5H3,(H,14,15). The Morgan fingerprint density at radius 2 is 2.17 bits per heavy atom. The van der Waals surface area contributed by atoms with Crippen molar-refractivity contribution < 1.29 is 4.74 Å². The number of rotatable bonds is 8. The van der Waals surface area contributed by atoms with Crippen molar-refractivity contribution in [1.29, 1.82) is 0 Å². The molecule has 5 nitrogen and oxygen atoms in total. The Hall–Kier alpha value is -1.07. The van der Waals surface area contributed by atoms with E-state index in [1.165, 1.54) is 0 Å². The fourth-order valence-corrected chi connectivity index (χ4v) is 1.49. The number of imidazole rings is 1. The average molecular weight is 254 g/mol. The van der Waals surface area contributed by atoms with Gasteiger partial charge in [0.1, 0.15) is 0 Å². The average Bonchev–Trinajstić information content (AvgIpc) is 2.74. The first-order valence-corrected chi connectivity index (χ1v) is 6.39. The highest BCUT2D eigenvalue weighted by Crippen LogP contribution is 2.12. The molecule has 1 heterocycles. The zero-order valence-electron chi connectivity index (χ0n) is 12.2. The van der Waals surface area contributed by atoms with Crippen LogP contribution in [0.4, 0.5) is 5.95 Å². The van der Waals surface area contributed by atoms with Crippen LogP contribution in [-0.4, -0.2) is 54.3 Å². The summed E-state index contributed by atoms with van der Waals surface area (Å²) in [6, 6.07) is 0. The van der Waals surface area contributed by atoms with Crippen LogP contribution in [0, 0.1) is 0 Å². The van der Waals surface area contributed by atoms with Crippen LogP contribution in [0.3, 0.4) is 0 Å². The van der Waals surface area contributed by atoms with Crippen LogP contribution in [0.2, 0.25) is 0 Å². The maximum absolute atomic E-state index is 5.06. The maximum atomic E-state index is 5.06. The van der Waals surface area contributed by atoms with Gasteiger partial charge in [-0.2, -0.15) is 0 Å². The molecule has 18 heavy (non-hydrogen) atoms. The van der Waals surface area contributed by atoms with Gasteiger partial charge in [-0.1, -0.05) is 0 Å². The van der Waals surface area contributed by atoms with Crippen LogP contribution in [0.5, 0.6) is 0 Å². The highest BCUT2D eigenvalue weighted by molar-refractivity contribution is 5.26. The molecule has 0 aliphatic carbocycles. The Bertz CT molecular complexity index is 347. The lowest BCUT2D eigenvalue weighted by molar-refractivity contribution is 0.190. The van der Waals surface area contributed by atoms with Crippen molar-refractivity contribution in [3.05, 3.63) is 12.4 Å². The Morgan fingerprint density at radius 1 is 1.44 bits per heavy atom. The molecule has 0 aliphatic rings. The summed E-state index contributed by atoms with van der Waals surface area (Å²) in [4.78, 5) is 6.56. The van der Waals surface area contributed by atoms with Gasteiger partial charge in [-0.3, -0.25) is 0 Å². The molecule has 104 valence electrons. The summed E-state index contributed by atoms with van der Waals surface area (Å²) < 4.78 is 7.19. The maximum Gasteiger partial charge on any atom is 0.202 e. The van der Waals surface area contributed by atoms with E-state index >= 15 is 0 Å². The number of anilines is 1. The molecule has 0 fully saturated rings. The lowest BCUT2D eigenvalue weighted by Crippen LogP contribution is -2.44. The largest absolute Gasteiger partial charge is 0.385 e. The Labute approximate surface area is 110 Å². The number of aryl methyl sites for hydroxylation is 1. The summed E-state index contributed by atoms with van der Waals surface area (Å²) in [7, 11) is 5.91. The van der Waals surface area contributed by atoms with Crippen molar-refractivity contribution >= 4 is 5.95 Å². The third-order valence-corrected chi connectivity index (χ3v) is 3.35. The summed E-state index contributed by atoms with van der Waals surface area (Å²) in [6.07, 6.45) is 4.83. The molecule has 0 bridgehead atoms. The summed E-state index contributed by atoms with van der Waals surface area (Å²) in [5, 5.41) is 3.41. The highest BCUT2D eigenvalue weighted by atomic mass is 16.5. The number of ether oxygens (including phenoxy) is 1. The zero-order valence-corrected chi connectivity index (χ0v) is 12.2. The molecule has 1 rings (SSSR count). The molecule has 1 N–H and O–H groups in total. The number of nitrogens with one attached hydrogen (secondary N) is 1. The van der Waals surface area contributed by atoms with Gasteiger partial charge >= 0.3 is 0 Å². The predicted octanol–water partition coefficient (Wildman–Crippen LogP) is 1.67. The third kappa shape index (κ3) is 4.31. The van der Waals surface area contributed by atoms with Crippen LogP contribution in [-0.2, 0) is 11.3 Å². The van der Waals surface area contributed by atoms with Crippen molar-refractivity contribution in [1.82, 2.24) is 14.5 Å². The minimum absolute atomic E-state index is 0.101. The van der Waals surface area contributed by atoms with Gasteiger partial charge < -0.3 is 19.5 Å². The molecule has 1 aromatic heterocycles. The van der Waals surface area contributed by atoms with E-state index in [4.69, 9.17) is 4.74 Å². The molecule has 0 amide bonds. The second-order valence-electron chi connectivity index (χ2n) is 5.35.